The van der Waals surface area contributed by atoms with Crippen LogP contribution in [0.5, 0.6) is 0 Å². The van der Waals surface area contributed by atoms with Crippen molar-refractivity contribution in [2.75, 3.05) is 19.6 Å². The van der Waals surface area contributed by atoms with Crippen LogP contribution in [0.25, 0.3) is 10.9 Å². The van der Waals surface area contributed by atoms with Crippen LogP contribution in [0.3, 0.4) is 0 Å². The maximum absolute atomic E-state index is 14.1. The molecule has 1 N–H and O–H groups in total. The smallest absolute Gasteiger partial charge is 0.289 e. The van der Waals surface area contributed by atoms with E-state index < -0.39 is 0 Å². The van der Waals surface area contributed by atoms with E-state index in [0.717, 1.165) is 16.6 Å². The van der Waals surface area contributed by atoms with Crippen molar-refractivity contribution in [1.29, 1.82) is 0 Å². The summed E-state index contributed by atoms with van der Waals surface area (Å²) in [6.45, 7) is 4.74. The summed E-state index contributed by atoms with van der Waals surface area (Å²) in [5.41, 5.74) is 2.70. The molecule has 2 aliphatic heterocycles. The van der Waals surface area contributed by atoms with E-state index in [1.807, 2.05) is 13.0 Å². The van der Waals surface area contributed by atoms with Gasteiger partial charge < -0.3 is 19.4 Å². The highest BCUT2D eigenvalue weighted by Crippen LogP contribution is 2.29. The summed E-state index contributed by atoms with van der Waals surface area (Å²) in [6, 6.07) is 4.98. The number of H-pyrrole nitrogens is 1. The topological polar surface area (TPSA) is 74.2 Å². The predicted molar refractivity (Wildman–Crippen MR) is 101 cm³/mol. The van der Waals surface area contributed by atoms with Gasteiger partial charge in [0.1, 0.15) is 11.5 Å². The number of hydrogen-bond donors (Lipinski definition) is 1. The molecule has 0 unspecified atom stereocenters. The first-order chi connectivity index (χ1) is 13.6. The molecule has 0 atom stereocenters. The van der Waals surface area contributed by atoms with Gasteiger partial charge in [0, 0.05) is 62.0 Å². The summed E-state index contributed by atoms with van der Waals surface area (Å²) in [4.78, 5) is 36.4. The third-order valence-corrected chi connectivity index (χ3v) is 5.71. The van der Waals surface area contributed by atoms with Crippen LogP contribution >= 0.6 is 0 Å². The first-order valence-electron chi connectivity index (χ1n) is 9.50. The van der Waals surface area contributed by atoms with E-state index >= 15 is 0 Å². The molecule has 144 valence electrons. The molecule has 0 saturated heterocycles. The lowest BCUT2D eigenvalue weighted by molar-refractivity contribution is 0.0707. The van der Waals surface area contributed by atoms with Crippen molar-refractivity contribution in [1.82, 2.24) is 24.3 Å². The molecule has 2 aliphatic rings. The van der Waals surface area contributed by atoms with Crippen LogP contribution in [0.1, 0.15) is 39.3 Å². The van der Waals surface area contributed by atoms with Crippen molar-refractivity contribution in [3.63, 3.8) is 0 Å². The fraction of sp³-hybridized carbons (Fsp3) is 0.350. The van der Waals surface area contributed by atoms with Crippen LogP contribution in [0.4, 0.5) is 4.39 Å². The number of halogens is 1. The number of fused-ring (bicyclic) bond motifs is 4. The average Bonchev–Trinajstić information content (AvgIpc) is 3.30. The van der Waals surface area contributed by atoms with Gasteiger partial charge in [0.15, 0.2) is 5.82 Å². The van der Waals surface area contributed by atoms with Gasteiger partial charge in [0.2, 0.25) is 0 Å². The van der Waals surface area contributed by atoms with Gasteiger partial charge >= 0.3 is 0 Å². The van der Waals surface area contributed by atoms with Gasteiger partial charge in [-0.05, 0) is 13.0 Å². The second-order valence-corrected chi connectivity index (χ2v) is 7.25. The lowest BCUT2D eigenvalue weighted by atomic mass is 10.0. The Balaban J connectivity index is 1.44. The molecular formula is C20H20FN5O2. The molecule has 8 heteroatoms. The molecule has 0 fully saturated rings. The number of hydrogen-bond acceptors (Lipinski definition) is 3. The molecule has 0 radical (unpaired) electrons. The van der Waals surface area contributed by atoms with E-state index in [1.165, 1.54) is 6.07 Å². The first kappa shape index (κ1) is 17.0. The Morgan fingerprint density at radius 1 is 1.29 bits per heavy atom. The Kier molecular flexibility index (Phi) is 3.75. The maximum Gasteiger partial charge on any atom is 0.289 e. The van der Waals surface area contributed by atoms with Gasteiger partial charge in [-0.3, -0.25) is 9.59 Å². The standard InChI is InChI=1S/C20H20FN5O2/c1-2-24-8-9-25-11-16(23-18(25)20(24)28)19(27)26-7-6-15-13(10-26)12-4-3-5-14(21)17(12)22-15/h3-5,11,22H,2,6-10H2,1H3. The van der Waals surface area contributed by atoms with Crippen LogP contribution < -0.4 is 0 Å². The number of nitrogens with one attached hydrogen (secondary N) is 1. The molecule has 0 spiro atoms. The molecule has 2 aromatic heterocycles. The second-order valence-electron chi connectivity index (χ2n) is 7.25. The van der Waals surface area contributed by atoms with E-state index in [1.54, 1.807) is 26.6 Å². The zero-order chi connectivity index (χ0) is 19.4. The van der Waals surface area contributed by atoms with Crippen LogP contribution in [0.2, 0.25) is 0 Å². The highest BCUT2D eigenvalue weighted by molar-refractivity contribution is 5.97. The Morgan fingerprint density at radius 2 is 2.14 bits per heavy atom. The van der Waals surface area contributed by atoms with Gasteiger partial charge in [0.05, 0.1) is 5.52 Å². The van der Waals surface area contributed by atoms with E-state index in [9.17, 15) is 14.0 Å². The third-order valence-electron chi connectivity index (χ3n) is 5.71. The predicted octanol–water partition coefficient (Wildman–Crippen LogP) is 2.18. The molecule has 0 saturated carbocycles. The van der Waals surface area contributed by atoms with Crippen LogP contribution in [0, 0.1) is 5.82 Å². The monoisotopic (exact) mass is 381 g/mol. The van der Waals surface area contributed by atoms with Crippen LogP contribution in [-0.2, 0) is 19.5 Å². The molecule has 5 rings (SSSR count). The van der Waals surface area contributed by atoms with Gasteiger partial charge in [-0.15, -0.1) is 0 Å². The van der Waals surface area contributed by atoms with Crippen molar-refractivity contribution in [2.45, 2.75) is 26.4 Å². The molecule has 2 amide bonds. The summed E-state index contributed by atoms with van der Waals surface area (Å²) in [5, 5.41) is 0.811. The number of benzene rings is 1. The van der Waals surface area contributed by atoms with Gasteiger partial charge in [-0.2, -0.15) is 0 Å². The maximum atomic E-state index is 14.1. The zero-order valence-electron chi connectivity index (χ0n) is 15.5. The summed E-state index contributed by atoms with van der Waals surface area (Å²) in [6.07, 6.45) is 2.30. The molecule has 28 heavy (non-hydrogen) atoms. The van der Waals surface area contributed by atoms with Gasteiger partial charge in [0.25, 0.3) is 11.8 Å². The lowest BCUT2D eigenvalue weighted by Crippen LogP contribution is -2.40. The quantitative estimate of drug-likeness (QED) is 0.739. The lowest BCUT2D eigenvalue weighted by Gasteiger charge is -2.26. The number of nitrogens with zero attached hydrogens (tertiary/aromatic N) is 4. The highest BCUT2D eigenvalue weighted by atomic mass is 19.1. The Hall–Kier alpha value is -3.16. The summed E-state index contributed by atoms with van der Waals surface area (Å²) >= 11 is 0. The van der Waals surface area contributed by atoms with Gasteiger partial charge in [-0.25, -0.2) is 9.37 Å². The Morgan fingerprint density at radius 3 is 2.96 bits per heavy atom. The number of aromatic amines is 1. The van der Waals surface area contributed by atoms with E-state index in [0.29, 0.717) is 50.5 Å². The van der Waals surface area contributed by atoms with Crippen LogP contribution in [0.15, 0.2) is 24.4 Å². The number of carbonyl (C=O) groups is 2. The summed E-state index contributed by atoms with van der Waals surface area (Å²) < 4.78 is 15.8. The minimum absolute atomic E-state index is 0.138. The number of rotatable bonds is 2. The molecule has 0 bridgehead atoms. The highest BCUT2D eigenvalue weighted by Gasteiger charge is 2.31. The number of likely N-dealkylation sites (N-methyl/N-ethyl adjacent to an activating group) is 1. The minimum atomic E-state index is -0.287. The molecule has 1 aromatic carbocycles. The van der Waals surface area contributed by atoms with E-state index in [-0.39, 0.29) is 23.3 Å². The largest absolute Gasteiger partial charge is 0.356 e. The number of carbonyl (C=O) groups excluding carboxylic acids is 2. The number of amides is 2. The van der Waals surface area contributed by atoms with Gasteiger partial charge in [-0.1, -0.05) is 12.1 Å². The number of para-hydroxylation sites is 1. The zero-order valence-corrected chi connectivity index (χ0v) is 15.5. The van der Waals surface area contributed by atoms with Crippen molar-refractivity contribution >= 4 is 22.7 Å². The van der Waals surface area contributed by atoms with Crippen molar-refractivity contribution in [3.8, 4) is 0 Å². The number of imidazole rings is 1. The Bertz CT molecular complexity index is 1120. The summed E-state index contributed by atoms with van der Waals surface area (Å²) in [5.74, 6) is -0.302. The van der Waals surface area contributed by atoms with E-state index in [4.69, 9.17) is 0 Å². The normalized spacial score (nSPS) is 16.4. The van der Waals surface area contributed by atoms with Crippen molar-refractivity contribution in [3.05, 3.63) is 53.0 Å². The van der Waals surface area contributed by atoms with Crippen molar-refractivity contribution in [2.24, 2.45) is 0 Å². The average molecular weight is 381 g/mol. The Labute approximate surface area is 160 Å². The third kappa shape index (κ3) is 2.44. The SMILES string of the molecule is CCN1CCn2cc(C(=O)N3CCc4[nH]c5c(F)cccc5c4C3)nc2C1=O. The second kappa shape index (κ2) is 6.19. The number of aromatic nitrogens is 3. The molecule has 4 heterocycles. The first-order valence-corrected chi connectivity index (χ1v) is 9.50. The molecule has 3 aromatic rings. The molecule has 0 aliphatic carbocycles. The van der Waals surface area contributed by atoms with E-state index in [2.05, 4.69) is 9.97 Å². The minimum Gasteiger partial charge on any atom is -0.356 e. The fourth-order valence-electron chi connectivity index (χ4n) is 4.17. The fourth-order valence-corrected chi connectivity index (χ4v) is 4.17. The molecule has 7 nitrogen and oxygen atoms in total. The summed E-state index contributed by atoms with van der Waals surface area (Å²) in [7, 11) is 0. The van der Waals surface area contributed by atoms with Crippen LogP contribution in [-0.4, -0.2) is 55.8 Å². The molecular weight excluding hydrogens is 361 g/mol. The van der Waals surface area contributed by atoms with Crippen molar-refractivity contribution < 1.29 is 14.0 Å².